The predicted molar refractivity (Wildman–Crippen MR) is 61.8 cm³/mol. The van der Waals surface area contributed by atoms with Gasteiger partial charge in [0.2, 0.25) is 5.95 Å². The number of hydrogen-bond acceptors (Lipinski definition) is 5. The third-order valence-electron chi connectivity index (χ3n) is 2.22. The van der Waals surface area contributed by atoms with Crippen LogP contribution in [0.3, 0.4) is 0 Å². The highest BCUT2D eigenvalue weighted by Crippen LogP contribution is 2.01. The Balaban J connectivity index is 1.84. The zero-order valence-corrected chi connectivity index (χ0v) is 9.09. The van der Waals surface area contributed by atoms with Crippen LogP contribution >= 0.6 is 0 Å². The van der Waals surface area contributed by atoms with E-state index < -0.39 is 0 Å². The molecule has 0 saturated carbocycles. The van der Waals surface area contributed by atoms with E-state index in [2.05, 4.69) is 20.3 Å². The predicted octanol–water partition coefficient (Wildman–Crippen LogP) is 0.447. The Bertz CT molecular complexity index is 447. The smallest absolute Gasteiger partial charge is 0.222 e. The Hall–Kier alpha value is -2.11. The summed E-state index contributed by atoms with van der Waals surface area (Å²) in [5.41, 5.74) is 6.05. The van der Waals surface area contributed by atoms with Crippen molar-refractivity contribution in [3.05, 3.63) is 30.6 Å². The molecule has 0 bridgehead atoms. The van der Waals surface area contributed by atoms with Crippen molar-refractivity contribution in [2.45, 2.75) is 6.42 Å². The van der Waals surface area contributed by atoms with Gasteiger partial charge in [-0.2, -0.15) is 0 Å². The normalized spacial score (nSPS) is 10.3. The van der Waals surface area contributed by atoms with Gasteiger partial charge in [0, 0.05) is 32.4 Å². The molecule has 84 valence electrons. The number of nitrogens with one attached hydrogen (secondary N) is 1. The van der Waals surface area contributed by atoms with Gasteiger partial charge in [0.05, 0.1) is 18.1 Å². The second-order valence-electron chi connectivity index (χ2n) is 3.47. The molecule has 0 aliphatic heterocycles. The van der Waals surface area contributed by atoms with E-state index in [9.17, 15) is 0 Å². The summed E-state index contributed by atoms with van der Waals surface area (Å²) in [6, 6.07) is 0. The van der Waals surface area contributed by atoms with Crippen LogP contribution in [0.1, 0.15) is 5.82 Å². The van der Waals surface area contributed by atoms with E-state index in [4.69, 9.17) is 5.73 Å². The molecule has 2 rings (SSSR count). The number of imidazole rings is 1. The minimum absolute atomic E-state index is 0.564. The molecule has 0 aliphatic rings. The lowest BCUT2D eigenvalue weighted by atomic mass is 10.4. The minimum Gasteiger partial charge on any atom is -0.396 e. The van der Waals surface area contributed by atoms with Crippen molar-refractivity contribution in [2.24, 2.45) is 7.05 Å². The summed E-state index contributed by atoms with van der Waals surface area (Å²) in [5, 5.41) is 3.11. The molecule has 0 amide bonds. The summed E-state index contributed by atoms with van der Waals surface area (Å²) in [5.74, 6) is 1.62. The summed E-state index contributed by atoms with van der Waals surface area (Å²) in [6.07, 6.45) is 7.70. The zero-order chi connectivity index (χ0) is 11.4. The molecule has 0 aromatic carbocycles. The number of nitrogens with two attached hydrogens (primary N) is 1. The molecule has 0 radical (unpaired) electrons. The number of rotatable bonds is 4. The van der Waals surface area contributed by atoms with Gasteiger partial charge in [0.1, 0.15) is 5.82 Å². The highest BCUT2D eigenvalue weighted by molar-refractivity contribution is 5.35. The Labute approximate surface area is 93.6 Å². The first-order chi connectivity index (χ1) is 7.75. The van der Waals surface area contributed by atoms with Gasteiger partial charge in [-0.3, -0.25) is 0 Å². The second kappa shape index (κ2) is 4.61. The standard InChI is InChI=1S/C10H14N6/c1-16-5-4-12-9(16)2-3-13-10-14-6-8(11)7-15-10/h4-7H,2-3,11H2,1H3,(H,13,14,15). The monoisotopic (exact) mass is 218 g/mol. The van der Waals surface area contributed by atoms with Crippen LogP contribution in [0.4, 0.5) is 11.6 Å². The summed E-state index contributed by atoms with van der Waals surface area (Å²) < 4.78 is 1.99. The molecule has 2 aromatic rings. The average Bonchev–Trinajstić information content (AvgIpc) is 2.68. The van der Waals surface area contributed by atoms with Crippen LogP contribution in [0.2, 0.25) is 0 Å². The fraction of sp³-hybridized carbons (Fsp3) is 0.300. The lowest BCUT2D eigenvalue weighted by Crippen LogP contribution is -2.10. The van der Waals surface area contributed by atoms with Crippen LogP contribution in [0.25, 0.3) is 0 Å². The van der Waals surface area contributed by atoms with Crippen molar-refractivity contribution in [3.8, 4) is 0 Å². The fourth-order valence-corrected chi connectivity index (χ4v) is 1.35. The number of nitrogen functional groups attached to an aromatic ring is 1. The van der Waals surface area contributed by atoms with E-state index >= 15 is 0 Å². The highest BCUT2D eigenvalue weighted by atomic mass is 15.1. The number of anilines is 2. The molecular formula is C10H14N6. The van der Waals surface area contributed by atoms with Crippen molar-refractivity contribution in [1.29, 1.82) is 0 Å². The van der Waals surface area contributed by atoms with E-state index in [1.807, 2.05) is 17.8 Å². The number of nitrogens with zero attached hydrogens (tertiary/aromatic N) is 4. The Morgan fingerprint density at radius 3 is 2.69 bits per heavy atom. The number of hydrogen-bond donors (Lipinski definition) is 2. The van der Waals surface area contributed by atoms with Gasteiger partial charge >= 0.3 is 0 Å². The molecule has 0 aliphatic carbocycles. The van der Waals surface area contributed by atoms with Crippen molar-refractivity contribution in [2.75, 3.05) is 17.6 Å². The van der Waals surface area contributed by atoms with E-state index in [1.54, 1.807) is 18.6 Å². The fourth-order valence-electron chi connectivity index (χ4n) is 1.35. The molecule has 2 aromatic heterocycles. The average molecular weight is 218 g/mol. The van der Waals surface area contributed by atoms with E-state index in [0.29, 0.717) is 11.6 Å². The first-order valence-corrected chi connectivity index (χ1v) is 5.03. The van der Waals surface area contributed by atoms with Gasteiger partial charge in [-0.1, -0.05) is 0 Å². The number of aromatic nitrogens is 4. The molecule has 6 heteroatoms. The van der Waals surface area contributed by atoms with Crippen molar-refractivity contribution in [1.82, 2.24) is 19.5 Å². The highest BCUT2D eigenvalue weighted by Gasteiger charge is 1.99. The lowest BCUT2D eigenvalue weighted by Gasteiger charge is -2.04. The van der Waals surface area contributed by atoms with Crippen LogP contribution in [0.5, 0.6) is 0 Å². The van der Waals surface area contributed by atoms with Crippen molar-refractivity contribution >= 4 is 11.6 Å². The number of aryl methyl sites for hydroxylation is 1. The Morgan fingerprint density at radius 1 is 1.31 bits per heavy atom. The molecule has 16 heavy (non-hydrogen) atoms. The summed E-state index contributed by atoms with van der Waals surface area (Å²) in [6.45, 7) is 0.745. The summed E-state index contributed by atoms with van der Waals surface area (Å²) in [4.78, 5) is 12.3. The van der Waals surface area contributed by atoms with Crippen LogP contribution < -0.4 is 11.1 Å². The van der Waals surface area contributed by atoms with Gasteiger partial charge in [-0.25, -0.2) is 15.0 Å². The quantitative estimate of drug-likeness (QED) is 0.778. The van der Waals surface area contributed by atoms with E-state index in [1.165, 1.54) is 0 Å². The van der Waals surface area contributed by atoms with Gasteiger partial charge in [0.15, 0.2) is 0 Å². The van der Waals surface area contributed by atoms with Crippen molar-refractivity contribution in [3.63, 3.8) is 0 Å². The second-order valence-corrected chi connectivity index (χ2v) is 3.47. The maximum absolute atomic E-state index is 5.49. The first kappa shape index (κ1) is 10.4. The lowest BCUT2D eigenvalue weighted by molar-refractivity contribution is 0.787. The zero-order valence-electron chi connectivity index (χ0n) is 9.09. The molecule has 0 saturated heterocycles. The maximum Gasteiger partial charge on any atom is 0.222 e. The van der Waals surface area contributed by atoms with E-state index in [-0.39, 0.29) is 0 Å². The Kier molecular flexibility index (Phi) is 3.00. The summed E-state index contributed by atoms with van der Waals surface area (Å²) >= 11 is 0. The van der Waals surface area contributed by atoms with Gasteiger partial charge in [-0.05, 0) is 0 Å². The third kappa shape index (κ3) is 2.47. The first-order valence-electron chi connectivity index (χ1n) is 5.03. The van der Waals surface area contributed by atoms with Crippen LogP contribution in [0.15, 0.2) is 24.8 Å². The molecule has 0 spiro atoms. The van der Waals surface area contributed by atoms with E-state index in [0.717, 1.165) is 18.8 Å². The molecule has 0 fully saturated rings. The molecule has 6 nitrogen and oxygen atoms in total. The molecule has 3 N–H and O–H groups in total. The van der Waals surface area contributed by atoms with Crippen molar-refractivity contribution < 1.29 is 0 Å². The summed E-state index contributed by atoms with van der Waals surface area (Å²) in [7, 11) is 1.97. The largest absolute Gasteiger partial charge is 0.396 e. The third-order valence-corrected chi connectivity index (χ3v) is 2.22. The SMILES string of the molecule is Cn1ccnc1CCNc1ncc(N)cn1. The van der Waals surface area contributed by atoms with Gasteiger partial charge < -0.3 is 15.6 Å². The van der Waals surface area contributed by atoms with Gasteiger partial charge in [-0.15, -0.1) is 0 Å². The molecule has 2 heterocycles. The topological polar surface area (TPSA) is 81.7 Å². The van der Waals surface area contributed by atoms with Gasteiger partial charge in [0.25, 0.3) is 0 Å². The minimum atomic E-state index is 0.564. The Morgan fingerprint density at radius 2 is 2.06 bits per heavy atom. The maximum atomic E-state index is 5.49. The van der Waals surface area contributed by atoms with Crippen LogP contribution in [-0.2, 0) is 13.5 Å². The van der Waals surface area contributed by atoms with Crippen LogP contribution in [0, 0.1) is 0 Å². The molecule has 0 unspecified atom stereocenters. The molecular weight excluding hydrogens is 204 g/mol. The molecule has 0 atom stereocenters. The van der Waals surface area contributed by atoms with Crippen LogP contribution in [-0.4, -0.2) is 26.1 Å².